The molecule has 0 fully saturated rings. The van der Waals surface area contributed by atoms with Gasteiger partial charge in [0, 0.05) is 5.56 Å². The lowest BCUT2D eigenvalue weighted by atomic mass is 10.2. The van der Waals surface area contributed by atoms with Crippen LogP contribution in [0.1, 0.15) is 5.56 Å². The molecule has 2 aromatic rings. The summed E-state index contributed by atoms with van der Waals surface area (Å²) in [6.45, 7) is 0.105. The summed E-state index contributed by atoms with van der Waals surface area (Å²) in [5, 5.41) is 3.77. The van der Waals surface area contributed by atoms with Crippen molar-refractivity contribution >= 4 is 5.95 Å². The molecule has 0 bridgehead atoms. The van der Waals surface area contributed by atoms with Crippen LogP contribution in [0.3, 0.4) is 0 Å². The predicted molar refractivity (Wildman–Crippen MR) is 49.9 cm³/mol. The van der Waals surface area contributed by atoms with Crippen LogP contribution in [0, 0.1) is 11.6 Å². The maximum atomic E-state index is 13.2. The number of hydrogen-bond acceptors (Lipinski definition) is 3. The van der Waals surface area contributed by atoms with E-state index in [1.165, 1.54) is 23.1 Å². The lowest BCUT2D eigenvalue weighted by molar-refractivity contribution is 0.492. The van der Waals surface area contributed by atoms with Crippen LogP contribution in [-0.4, -0.2) is 14.8 Å². The van der Waals surface area contributed by atoms with Crippen molar-refractivity contribution in [1.82, 2.24) is 14.8 Å². The van der Waals surface area contributed by atoms with E-state index in [0.717, 1.165) is 6.07 Å². The van der Waals surface area contributed by atoms with Crippen molar-refractivity contribution in [3.05, 3.63) is 41.7 Å². The van der Waals surface area contributed by atoms with Gasteiger partial charge in [0.2, 0.25) is 5.95 Å². The first kappa shape index (κ1) is 9.57. The van der Waals surface area contributed by atoms with Gasteiger partial charge in [0.15, 0.2) is 11.6 Å². The lowest BCUT2D eigenvalue weighted by Crippen LogP contribution is -2.04. The van der Waals surface area contributed by atoms with E-state index in [4.69, 9.17) is 5.73 Å². The molecule has 4 nitrogen and oxygen atoms in total. The Bertz CT molecular complexity index is 481. The van der Waals surface area contributed by atoms with E-state index in [1.807, 2.05) is 0 Å². The molecule has 6 heteroatoms. The van der Waals surface area contributed by atoms with E-state index < -0.39 is 11.6 Å². The van der Waals surface area contributed by atoms with Crippen LogP contribution < -0.4 is 5.73 Å². The fraction of sp³-hybridized carbons (Fsp3) is 0.111. The van der Waals surface area contributed by atoms with Crippen LogP contribution in [0.4, 0.5) is 14.7 Å². The minimum absolute atomic E-state index is 0.104. The summed E-state index contributed by atoms with van der Waals surface area (Å²) in [6, 6.07) is 3.98. The molecule has 0 aliphatic heterocycles. The number of hydrogen-bond donors (Lipinski definition) is 1. The van der Waals surface area contributed by atoms with Crippen molar-refractivity contribution in [1.29, 1.82) is 0 Å². The number of rotatable bonds is 2. The number of aromatic nitrogens is 3. The van der Waals surface area contributed by atoms with E-state index in [1.54, 1.807) is 0 Å². The number of benzene rings is 1. The fourth-order valence-electron chi connectivity index (χ4n) is 1.23. The molecule has 0 amide bonds. The topological polar surface area (TPSA) is 56.7 Å². The minimum Gasteiger partial charge on any atom is -0.367 e. The molecule has 1 heterocycles. The molecule has 0 aliphatic rings. The second-order valence-electron chi connectivity index (χ2n) is 3.01. The molecule has 2 rings (SSSR count). The van der Waals surface area contributed by atoms with Crippen LogP contribution in [0.2, 0.25) is 0 Å². The van der Waals surface area contributed by atoms with Crippen LogP contribution in [0.25, 0.3) is 0 Å². The first-order valence-corrected chi connectivity index (χ1v) is 4.24. The highest BCUT2D eigenvalue weighted by Gasteiger charge is 2.08. The van der Waals surface area contributed by atoms with Gasteiger partial charge in [0.1, 0.15) is 6.33 Å². The predicted octanol–water partition coefficient (Wildman–Crippen LogP) is 1.19. The monoisotopic (exact) mass is 210 g/mol. The molecular weight excluding hydrogens is 202 g/mol. The summed E-state index contributed by atoms with van der Waals surface area (Å²) < 4.78 is 27.4. The summed E-state index contributed by atoms with van der Waals surface area (Å²) in [6.07, 6.45) is 1.36. The van der Waals surface area contributed by atoms with E-state index in [2.05, 4.69) is 10.1 Å². The van der Waals surface area contributed by atoms with Gasteiger partial charge in [-0.15, -0.1) is 5.10 Å². The highest BCUT2D eigenvalue weighted by atomic mass is 19.2. The third-order valence-corrected chi connectivity index (χ3v) is 1.92. The van der Waals surface area contributed by atoms with E-state index in [0.29, 0.717) is 0 Å². The van der Waals surface area contributed by atoms with Gasteiger partial charge in [0.25, 0.3) is 0 Å². The summed E-state index contributed by atoms with van der Waals surface area (Å²) in [7, 11) is 0. The molecule has 0 atom stereocenters. The number of nitrogens with two attached hydrogens (primary N) is 1. The maximum absolute atomic E-state index is 13.2. The average Bonchev–Trinajstić information content (AvgIpc) is 2.59. The van der Waals surface area contributed by atoms with Crippen molar-refractivity contribution in [2.45, 2.75) is 6.54 Å². The van der Waals surface area contributed by atoms with Crippen LogP contribution >= 0.6 is 0 Å². The Morgan fingerprint density at radius 1 is 1.33 bits per heavy atom. The Labute approximate surface area is 84.4 Å². The SMILES string of the molecule is Nc1ncn(Cc2cccc(F)c2F)n1. The van der Waals surface area contributed by atoms with Gasteiger partial charge < -0.3 is 5.73 Å². The molecule has 0 spiro atoms. The number of halogens is 2. The number of anilines is 1. The Hall–Kier alpha value is -1.98. The lowest BCUT2D eigenvalue weighted by Gasteiger charge is -2.02. The Morgan fingerprint density at radius 3 is 2.80 bits per heavy atom. The third kappa shape index (κ3) is 1.93. The second kappa shape index (κ2) is 3.64. The second-order valence-corrected chi connectivity index (χ2v) is 3.01. The number of nitrogen functional groups attached to an aromatic ring is 1. The average molecular weight is 210 g/mol. The highest BCUT2D eigenvalue weighted by molar-refractivity contribution is 5.19. The molecule has 0 aliphatic carbocycles. The minimum atomic E-state index is -0.874. The summed E-state index contributed by atoms with van der Waals surface area (Å²) in [5.41, 5.74) is 5.50. The first-order chi connectivity index (χ1) is 7.16. The summed E-state index contributed by atoms with van der Waals surface area (Å²) in [5.74, 6) is -1.64. The van der Waals surface area contributed by atoms with Crippen molar-refractivity contribution in [3.8, 4) is 0 Å². The van der Waals surface area contributed by atoms with Crippen LogP contribution in [-0.2, 0) is 6.54 Å². The van der Waals surface area contributed by atoms with Crippen molar-refractivity contribution < 1.29 is 8.78 Å². The molecule has 1 aromatic heterocycles. The van der Waals surface area contributed by atoms with E-state index in [9.17, 15) is 8.78 Å². The van der Waals surface area contributed by atoms with Crippen LogP contribution in [0.15, 0.2) is 24.5 Å². The quantitative estimate of drug-likeness (QED) is 0.809. The van der Waals surface area contributed by atoms with Crippen molar-refractivity contribution in [2.24, 2.45) is 0 Å². The van der Waals surface area contributed by atoms with E-state index >= 15 is 0 Å². The molecule has 78 valence electrons. The van der Waals surface area contributed by atoms with Gasteiger partial charge in [-0.05, 0) is 6.07 Å². The molecule has 0 unspecified atom stereocenters. The van der Waals surface area contributed by atoms with Crippen molar-refractivity contribution in [3.63, 3.8) is 0 Å². The van der Waals surface area contributed by atoms with Gasteiger partial charge in [-0.1, -0.05) is 12.1 Å². The number of nitrogens with zero attached hydrogens (tertiary/aromatic N) is 3. The summed E-state index contributed by atoms with van der Waals surface area (Å²) >= 11 is 0. The van der Waals surface area contributed by atoms with Gasteiger partial charge >= 0.3 is 0 Å². The summed E-state index contributed by atoms with van der Waals surface area (Å²) in [4.78, 5) is 3.68. The van der Waals surface area contributed by atoms with Crippen LogP contribution in [0.5, 0.6) is 0 Å². The zero-order valence-electron chi connectivity index (χ0n) is 7.69. The normalized spacial score (nSPS) is 10.5. The first-order valence-electron chi connectivity index (χ1n) is 4.24. The molecule has 0 radical (unpaired) electrons. The van der Waals surface area contributed by atoms with E-state index in [-0.39, 0.29) is 18.1 Å². The zero-order valence-corrected chi connectivity index (χ0v) is 7.69. The smallest absolute Gasteiger partial charge is 0.239 e. The van der Waals surface area contributed by atoms with Gasteiger partial charge in [-0.2, -0.15) is 0 Å². The molecule has 2 N–H and O–H groups in total. The van der Waals surface area contributed by atoms with Gasteiger partial charge in [0.05, 0.1) is 6.54 Å². The molecule has 1 aromatic carbocycles. The van der Waals surface area contributed by atoms with Gasteiger partial charge in [-0.25, -0.2) is 18.4 Å². The standard InChI is InChI=1S/C9H8F2N4/c10-7-3-1-2-6(8(7)11)4-15-5-13-9(12)14-15/h1-3,5H,4H2,(H2,12,14). The largest absolute Gasteiger partial charge is 0.367 e. The Balaban J connectivity index is 2.28. The zero-order chi connectivity index (χ0) is 10.8. The Kier molecular flexibility index (Phi) is 2.32. The molecule has 0 saturated heterocycles. The molecule has 0 saturated carbocycles. The highest BCUT2D eigenvalue weighted by Crippen LogP contribution is 2.12. The third-order valence-electron chi connectivity index (χ3n) is 1.92. The fourth-order valence-corrected chi connectivity index (χ4v) is 1.23. The van der Waals surface area contributed by atoms with Crippen molar-refractivity contribution in [2.75, 3.05) is 5.73 Å². The van der Waals surface area contributed by atoms with Gasteiger partial charge in [-0.3, -0.25) is 0 Å². The maximum Gasteiger partial charge on any atom is 0.239 e. The molecule has 15 heavy (non-hydrogen) atoms. The Morgan fingerprint density at radius 2 is 2.13 bits per heavy atom. The molecular formula is C9H8F2N4.